The van der Waals surface area contributed by atoms with Crippen LogP contribution in [0.15, 0.2) is 29.2 Å². The van der Waals surface area contributed by atoms with E-state index >= 15 is 0 Å². The largest absolute Gasteiger partial charge is 0.480 e. The van der Waals surface area contributed by atoms with Crippen molar-refractivity contribution in [1.29, 1.82) is 0 Å². The van der Waals surface area contributed by atoms with Crippen molar-refractivity contribution in [2.75, 3.05) is 5.75 Å². The third-order valence-corrected chi connectivity index (χ3v) is 4.74. The summed E-state index contributed by atoms with van der Waals surface area (Å²) in [7, 11) is 0. The van der Waals surface area contributed by atoms with E-state index in [1.54, 1.807) is 6.07 Å². The minimum absolute atomic E-state index is 0.0947. The summed E-state index contributed by atoms with van der Waals surface area (Å²) in [6.45, 7) is 3.72. The summed E-state index contributed by atoms with van der Waals surface area (Å²) in [6, 6.07) is 6.60. The minimum atomic E-state index is -0.989. The Balaban J connectivity index is 2.43. The van der Waals surface area contributed by atoms with Gasteiger partial charge in [0.05, 0.1) is 5.02 Å². The van der Waals surface area contributed by atoms with E-state index in [-0.39, 0.29) is 18.2 Å². The molecule has 2 atom stereocenters. The summed E-state index contributed by atoms with van der Waals surface area (Å²) >= 11 is 7.51. The molecule has 0 aromatic heterocycles. The fraction of sp³-hybridized carbons (Fsp3) is 0.467. The van der Waals surface area contributed by atoms with Crippen LogP contribution in [0, 0.1) is 5.92 Å². The molecule has 6 heteroatoms. The molecule has 0 aliphatic rings. The highest BCUT2D eigenvalue weighted by Crippen LogP contribution is 2.26. The van der Waals surface area contributed by atoms with Crippen molar-refractivity contribution in [3.8, 4) is 0 Å². The van der Waals surface area contributed by atoms with Gasteiger partial charge in [-0.25, -0.2) is 4.79 Å². The van der Waals surface area contributed by atoms with Crippen LogP contribution in [-0.2, 0) is 9.59 Å². The molecule has 0 saturated carbocycles. The molecule has 0 saturated heterocycles. The van der Waals surface area contributed by atoms with Crippen LogP contribution in [0.5, 0.6) is 0 Å². The number of carboxylic acid groups (broad SMARTS) is 1. The molecule has 116 valence electrons. The summed E-state index contributed by atoms with van der Waals surface area (Å²) in [5.41, 5.74) is 0. The quantitative estimate of drug-likeness (QED) is 0.717. The number of carboxylic acids is 1. The van der Waals surface area contributed by atoms with Crippen LogP contribution in [0.3, 0.4) is 0 Å². The second kappa shape index (κ2) is 8.95. The first kappa shape index (κ1) is 17.9. The molecule has 1 rings (SSSR count). The monoisotopic (exact) mass is 329 g/mol. The fourth-order valence-electron chi connectivity index (χ4n) is 1.74. The molecule has 21 heavy (non-hydrogen) atoms. The summed E-state index contributed by atoms with van der Waals surface area (Å²) < 4.78 is 0. The topological polar surface area (TPSA) is 66.4 Å². The Morgan fingerprint density at radius 3 is 2.62 bits per heavy atom. The highest BCUT2D eigenvalue weighted by Gasteiger charge is 2.24. The molecule has 1 aromatic rings. The van der Waals surface area contributed by atoms with Crippen molar-refractivity contribution in [2.24, 2.45) is 5.92 Å². The Kier molecular flexibility index (Phi) is 7.61. The predicted octanol–water partition coefficient (Wildman–Crippen LogP) is 3.44. The van der Waals surface area contributed by atoms with Crippen LogP contribution in [-0.4, -0.2) is 28.8 Å². The van der Waals surface area contributed by atoms with E-state index < -0.39 is 12.0 Å². The molecule has 0 bridgehead atoms. The average Bonchev–Trinajstić information content (AvgIpc) is 2.45. The van der Waals surface area contributed by atoms with Gasteiger partial charge in [0, 0.05) is 17.1 Å². The molecule has 0 heterocycles. The number of rotatable bonds is 8. The first-order valence-electron chi connectivity index (χ1n) is 6.85. The lowest BCUT2D eigenvalue weighted by Crippen LogP contribution is -2.45. The molecule has 2 N–H and O–H groups in total. The normalized spacial score (nSPS) is 13.5. The van der Waals surface area contributed by atoms with Crippen molar-refractivity contribution < 1.29 is 14.7 Å². The summed E-state index contributed by atoms with van der Waals surface area (Å²) in [5, 5.41) is 12.4. The van der Waals surface area contributed by atoms with Gasteiger partial charge in [0.15, 0.2) is 0 Å². The molecule has 1 amide bonds. The molecule has 4 nitrogen and oxygen atoms in total. The van der Waals surface area contributed by atoms with Crippen molar-refractivity contribution in [2.45, 2.75) is 37.6 Å². The number of halogens is 1. The fourth-order valence-corrected chi connectivity index (χ4v) is 2.93. The van der Waals surface area contributed by atoms with Crippen LogP contribution in [0.1, 0.15) is 26.7 Å². The zero-order chi connectivity index (χ0) is 15.8. The van der Waals surface area contributed by atoms with Crippen LogP contribution in [0.2, 0.25) is 5.02 Å². The zero-order valence-electron chi connectivity index (χ0n) is 12.1. The molecular formula is C15H20ClNO3S. The Labute approximate surface area is 134 Å². The smallest absolute Gasteiger partial charge is 0.326 e. The number of nitrogens with one attached hydrogen (secondary N) is 1. The van der Waals surface area contributed by atoms with Crippen LogP contribution >= 0.6 is 23.4 Å². The number of thioether (sulfide) groups is 1. The molecular weight excluding hydrogens is 310 g/mol. The number of carbonyl (C=O) groups excluding carboxylic acids is 1. The third kappa shape index (κ3) is 5.98. The Bertz CT molecular complexity index is 496. The van der Waals surface area contributed by atoms with E-state index in [0.717, 1.165) is 4.90 Å². The number of benzene rings is 1. The standard InChI is InChI=1S/C15H20ClNO3S/c1-3-10(2)14(15(19)20)17-13(18)8-9-21-12-7-5-4-6-11(12)16/h4-7,10,14H,3,8-9H2,1-2H3,(H,17,18)(H,19,20)/t10?,14-/m0/s1. The lowest BCUT2D eigenvalue weighted by atomic mass is 9.99. The highest BCUT2D eigenvalue weighted by atomic mass is 35.5. The molecule has 1 unspecified atom stereocenters. The van der Waals surface area contributed by atoms with Gasteiger partial charge in [0.1, 0.15) is 6.04 Å². The lowest BCUT2D eigenvalue weighted by molar-refractivity contribution is -0.143. The number of aliphatic carboxylic acids is 1. The van der Waals surface area contributed by atoms with Gasteiger partial charge >= 0.3 is 5.97 Å². The van der Waals surface area contributed by atoms with E-state index in [4.69, 9.17) is 16.7 Å². The van der Waals surface area contributed by atoms with Crippen LogP contribution < -0.4 is 5.32 Å². The molecule has 0 aliphatic heterocycles. The highest BCUT2D eigenvalue weighted by molar-refractivity contribution is 7.99. The molecule has 0 fully saturated rings. The summed E-state index contributed by atoms with van der Waals surface area (Å²) in [5.74, 6) is -0.774. The number of carbonyl (C=O) groups is 2. The first-order chi connectivity index (χ1) is 9.95. The van der Waals surface area contributed by atoms with Gasteiger partial charge in [0.25, 0.3) is 0 Å². The summed E-state index contributed by atoms with van der Waals surface area (Å²) in [4.78, 5) is 23.9. The molecule has 0 aliphatic carbocycles. The molecule has 0 radical (unpaired) electrons. The van der Waals surface area contributed by atoms with Gasteiger partial charge in [-0.1, -0.05) is 44.0 Å². The second-order valence-electron chi connectivity index (χ2n) is 4.80. The number of hydrogen-bond acceptors (Lipinski definition) is 3. The maximum Gasteiger partial charge on any atom is 0.326 e. The summed E-state index contributed by atoms with van der Waals surface area (Å²) in [6.07, 6.45) is 0.960. The van der Waals surface area contributed by atoms with Gasteiger partial charge in [-0.15, -0.1) is 11.8 Å². The van der Waals surface area contributed by atoms with Gasteiger partial charge in [-0.05, 0) is 18.1 Å². The van der Waals surface area contributed by atoms with Gasteiger partial charge in [0.2, 0.25) is 5.91 Å². The van der Waals surface area contributed by atoms with Crippen molar-refractivity contribution in [3.05, 3.63) is 29.3 Å². The zero-order valence-corrected chi connectivity index (χ0v) is 13.7. The van der Waals surface area contributed by atoms with Gasteiger partial charge in [-0.3, -0.25) is 4.79 Å². The van der Waals surface area contributed by atoms with E-state index in [2.05, 4.69) is 5.32 Å². The maximum absolute atomic E-state index is 11.8. The Morgan fingerprint density at radius 2 is 2.05 bits per heavy atom. The second-order valence-corrected chi connectivity index (χ2v) is 6.34. The van der Waals surface area contributed by atoms with Crippen LogP contribution in [0.4, 0.5) is 0 Å². The minimum Gasteiger partial charge on any atom is -0.480 e. The maximum atomic E-state index is 11.8. The van der Waals surface area contributed by atoms with Crippen molar-refractivity contribution in [3.63, 3.8) is 0 Å². The van der Waals surface area contributed by atoms with E-state index in [0.29, 0.717) is 17.2 Å². The average molecular weight is 330 g/mol. The number of amides is 1. The van der Waals surface area contributed by atoms with E-state index in [1.165, 1.54) is 11.8 Å². The van der Waals surface area contributed by atoms with Gasteiger partial charge < -0.3 is 10.4 Å². The third-order valence-electron chi connectivity index (χ3n) is 3.22. The first-order valence-corrected chi connectivity index (χ1v) is 8.21. The van der Waals surface area contributed by atoms with Crippen molar-refractivity contribution >= 4 is 35.2 Å². The Hall–Kier alpha value is -1.20. The predicted molar refractivity (Wildman–Crippen MR) is 85.8 cm³/mol. The number of hydrogen-bond donors (Lipinski definition) is 2. The van der Waals surface area contributed by atoms with Crippen molar-refractivity contribution in [1.82, 2.24) is 5.32 Å². The molecule has 1 aromatic carbocycles. The SMILES string of the molecule is CCC(C)[C@H](NC(=O)CCSc1ccccc1Cl)C(=O)O. The van der Waals surface area contributed by atoms with E-state index in [1.807, 2.05) is 32.0 Å². The van der Waals surface area contributed by atoms with Gasteiger partial charge in [-0.2, -0.15) is 0 Å². The van der Waals surface area contributed by atoms with Crippen LogP contribution in [0.25, 0.3) is 0 Å². The Morgan fingerprint density at radius 1 is 1.38 bits per heavy atom. The lowest BCUT2D eigenvalue weighted by Gasteiger charge is -2.20. The van der Waals surface area contributed by atoms with E-state index in [9.17, 15) is 9.59 Å². The molecule has 0 spiro atoms.